The highest BCUT2D eigenvalue weighted by Gasteiger charge is 2.52. The minimum atomic E-state index is -1.62. The van der Waals surface area contributed by atoms with E-state index in [4.69, 9.17) is 18.9 Å². The lowest BCUT2D eigenvalue weighted by atomic mass is 9.79. The summed E-state index contributed by atoms with van der Waals surface area (Å²) in [4.78, 5) is 18.6. The number of β-amino-alcohol motifs (C(OH)–C–C–N with tert-alkyl or cyclic N) is 1. The van der Waals surface area contributed by atoms with Crippen LogP contribution in [0.4, 0.5) is 0 Å². The lowest BCUT2D eigenvalue weighted by molar-refractivity contribution is -0.339. The van der Waals surface area contributed by atoms with E-state index in [0.29, 0.717) is 25.1 Å². The molecule has 0 spiro atoms. The van der Waals surface area contributed by atoms with E-state index in [0.717, 1.165) is 28.6 Å². The summed E-state index contributed by atoms with van der Waals surface area (Å²) in [6, 6.07) is 7.80. The van der Waals surface area contributed by atoms with Crippen LogP contribution >= 0.6 is 0 Å². The van der Waals surface area contributed by atoms with E-state index in [1.165, 1.54) is 18.9 Å². The summed E-state index contributed by atoms with van der Waals surface area (Å²) < 4.78 is 22.8. The fraction of sp³-hybridized carbons (Fsp3) is 0.567. The first-order valence-corrected chi connectivity index (χ1v) is 14.3. The monoisotopic (exact) mass is 586 g/mol. The molecule has 4 heterocycles. The maximum absolute atomic E-state index is 12.8. The molecule has 1 fully saturated rings. The first-order valence-electron chi connectivity index (χ1n) is 14.3. The number of esters is 1. The molecule has 6 N–H and O–H groups in total. The number of rotatable bonds is 7. The lowest BCUT2D eigenvalue weighted by Gasteiger charge is -2.45. The first-order chi connectivity index (χ1) is 20.2. The highest BCUT2D eigenvalue weighted by Crippen LogP contribution is 2.51. The van der Waals surface area contributed by atoms with Crippen LogP contribution in [0.2, 0.25) is 0 Å². The third-order valence-corrected chi connectivity index (χ3v) is 8.93. The number of carbonyl (C=O) groups excluding carboxylic acids is 1. The number of fused-ring (bicyclic) bond motifs is 4. The number of para-hydroxylation sites is 1. The number of H-pyrrole nitrogens is 1. The number of benzene rings is 1. The van der Waals surface area contributed by atoms with Gasteiger partial charge in [-0.1, -0.05) is 24.3 Å². The van der Waals surface area contributed by atoms with Crippen molar-refractivity contribution in [2.45, 2.75) is 68.9 Å². The van der Waals surface area contributed by atoms with Gasteiger partial charge in [-0.25, -0.2) is 4.79 Å². The molecule has 0 saturated carbocycles. The molecule has 10 atom stereocenters. The topological polar surface area (TPSA) is 174 Å². The summed E-state index contributed by atoms with van der Waals surface area (Å²) >= 11 is 0. The number of nitrogens with one attached hydrogen (secondary N) is 1. The Balaban J connectivity index is 1.39. The number of hydrogen-bond donors (Lipinski definition) is 6. The molecule has 1 saturated heterocycles. The number of aromatic amines is 1. The number of hydrogen-bond acceptors (Lipinski definition) is 11. The van der Waals surface area contributed by atoms with Crippen LogP contribution in [0.15, 0.2) is 47.7 Å². The number of nitrogens with zero attached hydrogens (tertiary/aromatic N) is 1. The number of allylic oxidation sites excluding steroid dienone is 1. The van der Waals surface area contributed by atoms with E-state index in [1.54, 1.807) is 6.92 Å². The van der Waals surface area contributed by atoms with E-state index in [1.807, 2.05) is 18.2 Å². The molecule has 2 aromatic rings. The SMILES string of the molecule is COC(=O)C1=CO[C@@H](O[C@@H]2O[C@H](CO)[C@@H](O)[C@H](O)[C@H]2O)[C@@H]2C([C@H]3c4[nH]c5ccccc5c4CCN3C[C@@H](C)O)=CC[C@H]12. The number of methoxy groups -OCH3 is 1. The van der Waals surface area contributed by atoms with Crippen LogP contribution in [0.5, 0.6) is 0 Å². The number of ether oxygens (including phenoxy) is 4. The predicted molar refractivity (Wildman–Crippen MR) is 148 cm³/mol. The second-order valence-corrected chi connectivity index (χ2v) is 11.5. The number of aromatic nitrogens is 1. The van der Waals surface area contributed by atoms with E-state index < -0.39 is 61.6 Å². The molecule has 0 radical (unpaired) electrons. The van der Waals surface area contributed by atoms with Gasteiger partial charge in [0.2, 0.25) is 6.29 Å². The summed E-state index contributed by atoms with van der Waals surface area (Å²) in [6.45, 7) is 2.25. The third-order valence-electron chi connectivity index (χ3n) is 8.93. The molecule has 12 heteroatoms. The van der Waals surface area contributed by atoms with Crippen molar-refractivity contribution in [1.29, 1.82) is 0 Å². The molecular formula is C30H38N2O10. The summed E-state index contributed by atoms with van der Waals surface area (Å²) in [5, 5.41) is 52.5. The Morgan fingerprint density at radius 3 is 2.69 bits per heavy atom. The van der Waals surface area contributed by atoms with Gasteiger partial charge in [-0.2, -0.15) is 0 Å². The molecule has 1 aliphatic carbocycles. The van der Waals surface area contributed by atoms with Gasteiger partial charge in [-0.15, -0.1) is 0 Å². The highest BCUT2D eigenvalue weighted by atomic mass is 16.8. The van der Waals surface area contributed by atoms with Crippen molar-refractivity contribution in [3.63, 3.8) is 0 Å². The Morgan fingerprint density at radius 1 is 1.17 bits per heavy atom. The smallest absolute Gasteiger partial charge is 0.337 e. The summed E-state index contributed by atoms with van der Waals surface area (Å²) in [7, 11) is 1.31. The van der Waals surface area contributed by atoms with Gasteiger partial charge in [0.25, 0.3) is 0 Å². The lowest BCUT2D eigenvalue weighted by Crippen LogP contribution is -2.60. The number of aliphatic hydroxyl groups is 5. The zero-order valence-corrected chi connectivity index (χ0v) is 23.5. The van der Waals surface area contributed by atoms with Crippen LogP contribution in [0.1, 0.15) is 30.6 Å². The molecule has 1 aromatic heterocycles. The molecule has 0 bridgehead atoms. The average molecular weight is 587 g/mol. The van der Waals surface area contributed by atoms with E-state index in [9.17, 15) is 30.3 Å². The Kier molecular flexibility index (Phi) is 8.15. The fourth-order valence-corrected chi connectivity index (χ4v) is 7.00. The van der Waals surface area contributed by atoms with Crippen LogP contribution in [0, 0.1) is 11.8 Å². The van der Waals surface area contributed by atoms with Crippen molar-refractivity contribution in [2.75, 3.05) is 26.8 Å². The Labute approximate surface area is 242 Å². The van der Waals surface area contributed by atoms with Crippen LogP contribution in [-0.4, -0.2) is 111 Å². The molecule has 0 unspecified atom stereocenters. The second-order valence-electron chi connectivity index (χ2n) is 11.5. The van der Waals surface area contributed by atoms with Crippen LogP contribution in [-0.2, 0) is 30.2 Å². The minimum absolute atomic E-state index is 0.299. The van der Waals surface area contributed by atoms with E-state index >= 15 is 0 Å². The molecule has 228 valence electrons. The minimum Gasteiger partial charge on any atom is -0.471 e. The normalized spacial score (nSPS) is 35.5. The van der Waals surface area contributed by atoms with Crippen molar-refractivity contribution in [3.8, 4) is 0 Å². The molecule has 1 aromatic carbocycles. The maximum Gasteiger partial charge on any atom is 0.337 e. The molecule has 3 aliphatic heterocycles. The van der Waals surface area contributed by atoms with E-state index in [-0.39, 0.29) is 12.0 Å². The van der Waals surface area contributed by atoms with E-state index in [2.05, 4.69) is 22.0 Å². The first kappa shape index (κ1) is 29.3. The second kappa shape index (κ2) is 11.7. The predicted octanol–water partition coefficient (Wildman–Crippen LogP) is 0.240. The quantitative estimate of drug-likeness (QED) is 0.194. The van der Waals surface area contributed by atoms with Gasteiger partial charge in [-0.05, 0) is 37.0 Å². The zero-order valence-electron chi connectivity index (χ0n) is 23.5. The molecule has 42 heavy (non-hydrogen) atoms. The van der Waals surface area contributed by atoms with Gasteiger partial charge < -0.3 is 49.5 Å². The molecule has 4 aliphatic rings. The zero-order chi connectivity index (χ0) is 29.7. The van der Waals surface area contributed by atoms with Gasteiger partial charge in [0.05, 0.1) is 43.6 Å². The molecule has 0 amide bonds. The molecule has 12 nitrogen and oxygen atoms in total. The average Bonchev–Trinajstić information content (AvgIpc) is 3.59. The number of aliphatic hydroxyl groups excluding tert-OH is 5. The fourth-order valence-electron chi connectivity index (χ4n) is 7.00. The van der Waals surface area contributed by atoms with Crippen LogP contribution in [0.25, 0.3) is 10.9 Å². The Bertz CT molecular complexity index is 1370. The Hall–Kier alpha value is -2.81. The van der Waals surface area contributed by atoms with Crippen molar-refractivity contribution >= 4 is 16.9 Å². The van der Waals surface area contributed by atoms with Crippen LogP contribution < -0.4 is 0 Å². The Morgan fingerprint density at radius 2 is 1.95 bits per heavy atom. The summed E-state index contributed by atoms with van der Waals surface area (Å²) in [5.74, 6) is -1.43. The maximum atomic E-state index is 12.8. The standard InChI is InChI=1S/C30H38N2O10/c1-14(34)11-32-10-9-17-15-5-3-4-6-20(15)31-23(17)24(32)18-8-7-16-19(28(38)39-2)13-40-29(22(16)18)42-30-27(37)26(36)25(35)21(12-33)41-30/h3-6,8,13-14,16,21-22,24-27,29-31,33-37H,7,9-12H2,1-2H3/t14-,16-,21-,22+,24+,25-,26+,27-,29+,30+/m1/s1. The van der Waals surface area contributed by atoms with Gasteiger partial charge in [0.1, 0.15) is 24.4 Å². The van der Waals surface area contributed by atoms with Crippen LogP contribution in [0.3, 0.4) is 0 Å². The van der Waals surface area contributed by atoms with Crippen molar-refractivity contribution in [1.82, 2.24) is 9.88 Å². The molecule has 6 rings (SSSR count). The van der Waals surface area contributed by atoms with Crippen molar-refractivity contribution in [2.24, 2.45) is 11.8 Å². The largest absolute Gasteiger partial charge is 0.471 e. The van der Waals surface area contributed by atoms with Gasteiger partial charge in [0.15, 0.2) is 6.29 Å². The van der Waals surface area contributed by atoms with Gasteiger partial charge in [0, 0.05) is 35.6 Å². The third kappa shape index (κ3) is 4.95. The summed E-state index contributed by atoms with van der Waals surface area (Å²) in [6.07, 6.45) is -4.33. The number of carbonyl (C=O) groups is 1. The van der Waals surface area contributed by atoms with Gasteiger partial charge in [-0.3, -0.25) is 4.90 Å². The van der Waals surface area contributed by atoms with Crippen molar-refractivity contribution < 1.29 is 49.3 Å². The molecular weight excluding hydrogens is 548 g/mol. The van der Waals surface area contributed by atoms with Gasteiger partial charge >= 0.3 is 5.97 Å². The summed E-state index contributed by atoms with van der Waals surface area (Å²) in [5.41, 5.74) is 4.45. The van der Waals surface area contributed by atoms with Crippen molar-refractivity contribution in [3.05, 3.63) is 59.0 Å². The highest BCUT2D eigenvalue weighted by molar-refractivity contribution is 5.89.